The normalized spacial score (nSPS) is 17.1. The first-order chi connectivity index (χ1) is 10.2. The lowest BCUT2D eigenvalue weighted by Gasteiger charge is -2.29. The second kappa shape index (κ2) is 10.4. The Morgan fingerprint density at radius 2 is 1.95 bits per heavy atom. The van der Waals surface area contributed by atoms with Crippen molar-refractivity contribution in [2.75, 3.05) is 33.7 Å². The standard InChI is InChI=1S/C16H28N4S.HI/c1-4-14-5-6-15(21-14)12-19-16(17-2)18-11-13-7-9-20(3)10-8-13;/h5-6,13H,4,7-12H2,1-3H3,(H2,17,18,19);1H. The van der Waals surface area contributed by atoms with E-state index in [0.29, 0.717) is 0 Å². The first kappa shape index (κ1) is 19.7. The highest BCUT2D eigenvalue weighted by Gasteiger charge is 2.16. The second-order valence-electron chi connectivity index (χ2n) is 5.77. The van der Waals surface area contributed by atoms with E-state index in [4.69, 9.17) is 0 Å². The van der Waals surface area contributed by atoms with Crippen molar-refractivity contribution in [1.29, 1.82) is 0 Å². The molecule has 126 valence electrons. The molecule has 6 heteroatoms. The monoisotopic (exact) mass is 436 g/mol. The maximum Gasteiger partial charge on any atom is 0.191 e. The van der Waals surface area contributed by atoms with Gasteiger partial charge < -0.3 is 15.5 Å². The number of guanidine groups is 1. The minimum absolute atomic E-state index is 0. The molecule has 0 bridgehead atoms. The molecule has 4 nitrogen and oxygen atoms in total. The van der Waals surface area contributed by atoms with E-state index in [-0.39, 0.29) is 24.0 Å². The predicted molar refractivity (Wildman–Crippen MR) is 108 cm³/mol. The Hall–Kier alpha value is -0.340. The van der Waals surface area contributed by atoms with Gasteiger partial charge in [-0.1, -0.05) is 6.92 Å². The van der Waals surface area contributed by atoms with Crippen LogP contribution in [-0.4, -0.2) is 44.6 Å². The van der Waals surface area contributed by atoms with Crippen molar-refractivity contribution in [3.63, 3.8) is 0 Å². The molecule has 1 fully saturated rings. The van der Waals surface area contributed by atoms with Crippen LogP contribution >= 0.6 is 35.3 Å². The molecule has 0 amide bonds. The molecule has 0 aromatic carbocycles. The molecule has 1 aromatic heterocycles. The van der Waals surface area contributed by atoms with Crippen LogP contribution in [-0.2, 0) is 13.0 Å². The van der Waals surface area contributed by atoms with Crippen molar-refractivity contribution < 1.29 is 0 Å². The van der Waals surface area contributed by atoms with Gasteiger partial charge in [-0.3, -0.25) is 4.99 Å². The highest BCUT2D eigenvalue weighted by molar-refractivity contribution is 14.0. The molecule has 1 aliphatic heterocycles. The molecule has 0 unspecified atom stereocenters. The average Bonchev–Trinajstić information content (AvgIpc) is 2.97. The smallest absolute Gasteiger partial charge is 0.191 e. The van der Waals surface area contributed by atoms with Crippen LogP contribution in [0.2, 0.25) is 0 Å². The van der Waals surface area contributed by atoms with Gasteiger partial charge in [0.15, 0.2) is 5.96 Å². The quantitative estimate of drug-likeness (QED) is 0.424. The van der Waals surface area contributed by atoms with Gasteiger partial charge in [0.05, 0.1) is 6.54 Å². The molecule has 2 N–H and O–H groups in total. The topological polar surface area (TPSA) is 39.7 Å². The maximum atomic E-state index is 4.32. The number of piperidine rings is 1. The Morgan fingerprint density at radius 1 is 1.27 bits per heavy atom. The SMILES string of the molecule is CCc1ccc(CNC(=NC)NCC2CCN(C)CC2)s1.I. The lowest BCUT2D eigenvalue weighted by molar-refractivity contribution is 0.220. The Balaban J connectivity index is 0.00000242. The number of nitrogens with zero attached hydrogens (tertiary/aromatic N) is 2. The van der Waals surface area contributed by atoms with Crippen LogP contribution in [0.15, 0.2) is 17.1 Å². The molecule has 0 saturated carbocycles. The number of thiophene rings is 1. The molecular formula is C16H29IN4S. The number of hydrogen-bond donors (Lipinski definition) is 2. The van der Waals surface area contributed by atoms with Crippen molar-refractivity contribution in [2.45, 2.75) is 32.7 Å². The summed E-state index contributed by atoms with van der Waals surface area (Å²) in [6.07, 6.45) is 3.68. The molecule has 0 spiro atoms. The van der Waals surface area contributed by atoms with E-state index in [2.05, 4.69) is 46.6 Å². The summed E-state index contributed by atoms with van der Waals surface area (Å²) in [5.41, 5.74) is 0. The van der Waals surface area contributed by atoms with Crippen LogP contribution < -0.4 is 10.6 Å². The summed E-state index contributed by atoms with van der Waals surface area (Å²) in [6.45, 7) is 6.52. The summed E-state index contributed by atoms with van der Waals surface area (Å²) < 4.78 is 0. The number of nitrogens with one attached hydrogen (secondary N) is 2. The van der Waals surface area contributed by atoms with Gasteiger partial charge in [-0.25, -0.2) is 0 Å². The van der Waals surface area contributed by atoms with Crippen LogP contribution in [0.5, 0.6) is 0 Å². The lowest BCUT2D eigenvalue weighted by atomic mass is 9.97. The fourth-order valence-corrected chi connectivity index (χ4v) is 3.50. The Labute approximate surface area is 155 Å². The largest absolute Gasteiger partial charge is 0.356 e. The highest BCUT2D eigenvalue weighted by atomic mass is 127. The van der Waals surface area contributed by atoms with Gasteiger partial charge in [-0.2, -0.15) is 0 Å². The summed E-state index contributed by atoms with van der Waals surface area (Å²) in [6, 6.07) is 4.43. The highest BCUT2D eigenvalue weighted by Crippen LogP contribution is 2.16. The fraction of sp³-hybridized carbons (Fsp3) is 0.688. The third-order valence-corrected chi connectivity index (χ3v) is 5.35. The summed E-state index contributed by atoms with van der Waals surface area (Å²) in [4.78, 5) is 9.54. The molecule has 1 saturated heterocycles. The van der Waals surface area contributed by atoms with E-state index >= 15 is 0 Å². The van der Waals surface area contributed by atoms with Gasteiger partial charge in [-0.15, -0.1) is 35.3 Å². The van der Waals surface area contributed by atoms with Crippen LogP contribution in [0.4, 0.5) is 0 Å². The molecule has 2 rings (SSSR count). The number of rotatable bonds is 5. The Morgan fingerprint density at radius 3 is 2.55 bits per heavy atom. The van der Waals surface area contributed by atoms with Crippen LogP contribution in [0, 0.1) is 5.92 Å². The summed E-state index contributed by atoms with van der Waals surface area (Å²) in [5.74, 6) is 1.69. The molecular weight excluding hydrogens is 407 g/mol. The van der Waals surface area contributed by atoms with Crippen molar-refractivity contribution in [3.8, 4) is 0 Å². The van der Waals surface area contributed by atoms with Crippen molar-refractivity contribution in [3.05, 3.63) is 21.9 Å². The zero-order valence-corrected chi connectivity index (χ0v) is 17.0. The summed E-state index contributed by atoms with van der Waals surface area (Å²) >= 11 is 1.88. The van der Waals surface area contributed by atoms with E-state index in [0.717, 1.165) is 31.4 Å². The van der Waals surface area contributed by atoms with Crippen molar-refractivity contribution >= 4 is 41.3 Å². The minimum Gasteiger partial charge on any atom is -0.356 e. The van der Waals surface area contributed by atoms with E-state index in [1.54, 1.807) is 0 Å². The molecule has 0 aliphatic carbocycles. The van der Waals surface area contributed by atoms with Crippen LogP contribution in [0.25, 0.3) is 0 Å². The minimum atomic E-state index is 0. The zero-order valence-electron chi connectivity index (χ0n) is 13.9. The molecule has 1 aliphatic rings. The number of aryl methyl sites for hydroxylation is 1. The first-order valence-electron chi connectivity index (χ1n) is 7.92. The molecule has 2 heterocycles. The maximum absolute atomic E-state index is 4.32. The molecule has 22 heavy (non-hydrogen) atoms. The molecule has 1 aromatic rings. The summed E-state index contributed by atoms with van der Waals surface area (Å²) in [5, 5.41) is 6.88. The average molecular weight is 436 g/mol. The van der Waals surface area contributed by atoms with Crippen LogP contribution in [0.3, 0.4) is 0 Å². The zero-order chi connectivity index (χ0) is 15.1. The van der Waals surface area contributed by atoms with Gasteiger partial charge >= 0.3 is 0 Å². The van der Waals surface area contributed by atoms with Crippen molar-refractivity contribution in [1.82, 2.24) is 15.5 Å². The van der Waals surface area contributed by atoms with E-state index in [9.17, 15) is 0 Å². The van der Waals surface area contributed by atoms with Gasteiger partial charge in [0.1, 0.15) is 0 Å². The van der Waals surface area contributed by atoms with Crippen molar-refractivity contribution in [2.24, 2.45) is 10.9 Å². The third kappa shape index (κ3) is 6.42. The van der Waals surface area contributed by atoms with E-state index < -0.39 is 0 Å². The van der Waals surface area contributed by atoms with Gasteiger partial charge in [-0.05, 0) is 57.5 Å². The third-order valence-electron chi connectivity index (χ3n) is 4.12. The Bertz CT molecular complexity index is 453. The lowest BCUT2D eigenvalue weighted by Crippen LogP contribution is -2.41. The van der Waals surface area contributed by atoms with E-state index in [1.807, 2.05) is 18.4 Å². The number of likely N-dealkylation sites (tertiary alicyclic amines) is 1. The number of hydrogen-bond acceptors (Lipinski definition) is 3. The molecule has 0 radical (unpaired) electrons. The summed E-state index contributed by atoms with van der Waals surface area (Å²) in [7, 11) is 4.05. The second-order valence-corrected chi connectivity index (χ2v) is 7.03. The van der Waals surface area contributed by atoms with Gasteiger partial charge in [0.25, 0.3) is 0 Å². The fourth-order valence-electron chi connectivity index (χ4n) is 2.61. The first-order valence-corrected chi connectivity index (χ1v) is 8.73. The Kier molecular flexibility index (Phi) is 9.35. The van der Waals surface area contributed by atoms with E-state index in [1.165, 1.54) is 35.7 Å². The van der Waals surface area contributed by atoms with Crippen LogP contribution in [0.1, 0.15) is 29.5 Å². The number of halogens is 1. The van der Waals surface area contributed by atoms with Gasteiger partial charge in [0, 0.05) is 23.3 Å². The molecule has 0 atom stereocenters. The predicted octanol–water partition coefficient (Wildman–Crippen LogP) is 2.94. The number of aliphatic imine (C=N–C) groups is 1. The van der Waals surface area contributed by atoms with Gasteiger partial charge in [0.2, 0.25) is 0 Å².